The summed E-state index contributed by atoms with van der Waals surface area (Å²) in [6.45, 7) is 1.89. The Kier molecular flexibility index (Phi) is 1.99. The third kappa shape index (κ3) is 1.31. The van der Waals surface area contributed by atoms with Crippen LogP contribution in [0.25, 0.3) is 0 Å². The molecule has 52 valence electrons. The van der Waals surface area contributed by atoms with E-state index in [1.165, 1.54) is 0 Å². The van der Waals surface area contributed by atoms with Crippen molar-refractivity contribution in [3.05, 3.63) is 24.0 Å². The maximum Gasteiger partial charge on any atom is 0.211 e. The number of hydrogen-bond donors (Lipinski definition) is 1. The summed E-state index contributed by atoms with van der Waals surface area (Å²) < 4.78 is 0. The highest BCUT2D eigenvalue weighted by Gasteiger charge is 1.92. The van der Waals surface area contributed by atoms with Crippen molar-refractivity contribution in [2.45, 2.75) is 6.92 Å². The lowest BCUT2D eigenvalue weighted by Crippen LogP contribution is -1.95. The molecule has 0 saturated carbocycles. The Morgan fingerprint density at radius 2 is 2.50 bits per heavy atom. The number of aromatic nitrogens is 1. The van der Waals surface area contributed by atoms with Crippen molar-refractivity contribution < 1.29 is 4.79 Å². The van der Waals surface area contributed by atoms with Crippen LogP contribution in [0.5, 0.6) is 0 Å². The number of amides is 1. The molecule has 3 nitrogen and oxygen atoms in total. The summed E-state index contributed by atoms with van der Waals surface area (Å²) in [6, 6.07) is 1.75. The number of carbonyl (C=O) groups is 1. The summed E-state index contributed by atoms with van der Waals surface area (Å²) in [4.78, 5) is 13.9. The summed E-state index contributed by atoms with van der Waals surface area (Å²) in [5.74, 6) is 0. The number of nitrogens with one attached hydrogen (secondary N) is 1. The van der Waals surface area contributed by atoms with Crippen LogP contribution in [-0.2, 0) is 4.79 Å². The molecule has 1 rings (SSSR count). The number of aryl methyl sites for hydroxylation is 1. The first kappa shape index (κ1) is 6.74. The predicted octanol–water partition coefficient (Wildman–Crippen LogP) is 0.958. The third-order valence-corrected chi connectivity index (χ3v) is 1.23. The molecule has 0 aliphatic heterocycles. The summed E-state index contributed by atoms with van der Waals surface area (Å²) in [7, 11) is 0. The molecule has 0 aromatic carbocycles. The molecule has 1 N–H and O–H groups in total. The van der Waals surface area contributed by atoms with Gasteiger partial charge in [-0.25, -0.2) is 0 Å². The fourth-order valence-electron chi connectivity index (χ4n) is 0.699. The van der Waals surface area contributed by atoms with Crippen LogP contribution < -0.4 is 5.32 Å². The minimum Gasteiger partial charge on any atom is -0.328 e. The Labute approximate surface area is 59.1 Å². The van der Waals surface area contributed by atoms with E-state index in [-0.39, 0.29) is 0 Å². The zero-order chi connectivity index (χ0) is 7.40. The van der Waals surface area contributed by atoms with E-state index in [4.69, 9.17) is 0 Å². The van der Waals surface area contributed by atoms with Gasteiger partial charge >= 0.3 is 0 Å². The number of pyridine rings is 1. The standard InChI is InChI=1S/C7H8N2O/c1-6-4-8-3-2-7(6)9-5-10/h2-5H,1H3,(H,8,9,10). The van der Waals surface area contributed by atoms with Gasteiger partial charge in [-0.05, 0) is 18.6 Å². The Morgan fingerprint density at radius 1 is 1.70 bits per heavy atom. The highest BCUT2D eigenvalue weighted by Crippen LogP contribution is 2.09. The topological polar surface area (TPSA) is 42.0 Å². The largest absolute Gasteiger partial charge is 0.328 e. The lowest BCUT2D eigenvalue weighted by Gasteiger charge is -1.99. The SMILES string of the molecule is Cc1cnccc1NC=O. The molecule has 0 aliphatic carbocycles. The first-order valence-corrected chi connectivity index (χ1v) is 2.95. The molecule has 1 aromatic heterocycles. The maximum atomic E-state index is 9.99. The van der Waals surface area contributed by atoms with Crippen molar-refractivity contribution in [1.29, 1.82) is 0 Å². The molecule has 1 amide bonds. The van der Waals surface area contributed by atoms with Gasteiger partial charge in [-0.3, -0.25) is 9.78 Å². The molecule has 0 spiro atoms. The van der Waals surface area contributed by atoms with Crippen LogP contribution in [0.15, 0.2) is 18.5 Å². The van der Waals surface area contributed by atoms with Crippen molar-refractivity contribution in [1.82, 2.24) is 4.98 Å². The van der Waals surface area contributed by atoms with Crippen LogP contribution in [0.4, 0.5) is 5.69 Å². The quantitative estimate of drug-likeness (QED) is 0.615. The van der Waals surface area contributed by atoms with E-state index >= 15 is 0 Å². The van der Waals surface area contributed by atoms with E-state index < -0.39 is 0 Å². The van der Waals surface area contributed by atoms with Gasteiger partial charge in [0.1, 0.15) is 0 Å². The summed E-state index contributed by atoms with van der Waals surface area (Å²) in [6.07, 6.45) is 3.99. The third-order valence-electron chi connectivity index (χ3n) is 1.23. The van der Waals surface area contributed by atoms with Crippen molar-refractivity contribution in [2.75, 3.05) is 5.32 Å². The molecule has 10 heavy (non-hydrogen) atoms. The molecular formula is C7H8N2O. The zero-order valence-corrected chi connectivity index (χ0v) is 5.66. The minimum absolute atomic E-state index is 0.655. The molecule has 0 saturated heterocycles. The first-order chi connectivity index (χ1) is 4.84. The van der Waals surface area contributed by atoms with Crippen LogP contribution in [0.3, 0.4) is 0 Å². The van der Waals surface area contributed by atoms with Gasteiger partial charge in [0, 0.05) is 18.1 Å². The average molecular weight is 136 g/mol. The van der Waals surface area contributed by atoms with E-state index in [9.17, 15) is 4.79 Å². The molecule has 1 heterocycles. The van der Waals surface area contributed by atoms with Crippen LogP contribution in [0.2, 0.25) is 0 Å². The van der Waals surface area contributed by atoms with E-state index in [0.717, 1.165) is 11.3 Å². The number of hydrogen-bond acceptors (Lipinski definition) is 2. The van der Waals surface area contributed by atoms with E-state index in [1.54, 1.807) is 18.5 Å². The number of carbonyl (C=O) groups excluding carboxylic acids is 1. The first-order valence-electron chi connectivity index (χ1n) is 2.95. The van der Waals surface area contributed by atoms with E-state index in [0.29, 0.717) is 6.41 Å². The van der Waals surface area contributed by atoms with Crippen LogP contribution >= 0.6 is 0 Å². The van der Waals surface area contributed by atoms with Crippen LogP contribution in [-0.4, -0.2) is 11.4 Å². The van der Waals surface area contributed by atoms with E-state index in [1.807, 2.05) is 6.92 Å². The average Bonchev–Trinajstić information content (AvgIpc) is 1.94. The lowest BCUT2D eigenvalue weighted by atomic mass is 10.3. The molecule has 0 bridgehead atoms. The highest BCUT2D eigenvalue weighted by molar-refractivity contribution is 5.72. The fraction of sp³-hybridized carbons (Fsp3) is 0.143. The molecule has 0 aliphatic rings. The van der Waals surface area contributed by atoms with Crippen molar-refractivity contribution in [3.63, 3.8) is 0 Å². The summed E-state index contributed by atoms with van der Waals surface area (Å²) >= 11 is 0. The van der Waals surface area contributed by atoms with Gasteiger partial charge in [0.15, 0.2) is 0 Å². The van der Waals surface area contributed by atoms with Gasteiger partial charge in [0.25, 0.3) is 0 Å². The van der Waals surface area contributed by atoms with Crippen molar-refractivity contribution in [3.8, 4) is 0 Å². The Balaban J connectivity index is 2.91. The minimum atomic E-state index is 0.655. The monoisotopic (exact) mass is 136 g/mol. The van der Waals surface area contributed by atoms with Crippen LogP contribution in [0, 0.1) is 6.92 Å². The second-order valence-corrected chi connectivity index (χ2v) is 1.95. The molecule has 3 heteroatoms. The maximum absolute atomic E-state index is 9.99. The molecule has 0 atom stereocenters. The molecular weight excluding hydrogens is 128 g/mol. The molecule has 0 unspecified atom stereocenters. The van der Waals surface area contributed by atoms with Gasteiger partial charge in [-0.15, -0.1) is 0 Å². The summed E-state index contributed by atoms with van der Waals surface area (Å²) in [5, 5.41) is 2.56. The van der Waals surface area contributed by atoms with Gasteiger partial charge in [0.2, 0.25) is 6.41 Å². The number of nitrogens with zero attached hydrogens (tertiary/aromatic N) is 1. The van der Waals surface area contributed by atoms with Crippen molar-refractivity contribution in [2.24, 2.45) is 0 Å². The van der Waals surface area contributed by atoms with Gasteiger partial charge in [-0.2, -0.15) is 0 Å². The molecule has 0 radical (unpaired) electrons. The second kappa shape index (κ2) is 2.96. The van der Waals surface area contributed by atoms with Gasteiger partial charge < -0.3 is 5.32 Å². The zero-order valence-electron chi connectivity index (χ0n) is 5.66. The predicted molar refractivity (Wildman–Crippen MR) is 38.7 cm³/mol. The molecule has 0 fully saturated rings. The Morgan fingerprint density at radius 3 is 3.10 bits per heavy atom. The molecule has 1 aromatic rings. The highest BCUT2D eigenvalue weighted by atomic mass is 16.1. The second-order valence-electron chi connectivity index (χ2n) is 1.95. The smallest absolute Gasteiger partial charge is 0.211 e. The number of anilines is 1. The Bertz CT molecular complexity index is 235. The van der Waals surface area contributed by atoms with Crippen LogP contribution in [0.1, 0.15) is 5.56 Å². The van der Waals surface area contributed by atoms with Gasteiger partial charge in [0.05, 0.1) is 0 Å². The number of rotatable bonds is 2. The van der Waals surface area contributed by atoms with E-state index in [2.05, 4.69) is 10.3 Å². The Hall–Kier alpha value is -1.38. The normalized spacial score (nSPS) is 8.90. The fourth-order valence-corrected chi connectivity index (χ4v) is 0.699. The summed E-state index contributed by atoms with van der Waals surface area (Å²) in [5.41, 5.74) is 1.78. The van der Waals surface area contributed by atoms with Crippen molar-refractivity contribution >= 4 is 12.1 Å². The lowest BCUT2D eigenvalue weighted by molar-refractivity contribution is -0.105. The van der Waals surface area contributed by atoms with Gasteiger partial charge in [-0.1, -0.05) is 0 Å².